The number of benzene rings is 1. The Kier molecular flexibility index (Phi) is 3.32. The molecule has 0 bridgehead atoms. The van der Waals surface area contributed by atoms with E-state index >= 15 is 0 Å². The van der Waals surface area contributed by atoms with Gasteiger partial charge in [0.25, 0.3) is 5.91 Å². The van der Waals surface area contributed by atoms with E-state index in [1.165, 1.54) is 6.20 Å². The first-order chi connectivity index (χ1) is 8.56. The summed E-state index contributed by atoms with van der Waals surface area (Å²) in [5.41, 5.74) is 1.47. The number of carbonyl (C=O) groups excluding carboxylic acids is 1. The van der Waals surface area contributed by atoms with Crippen molar-refractivity contribution < 1.29 is 9.90 Å². The summed E-state index contributed by atoms with van der Waals surface area (Å²) < 4.78 is 1.58. The van der Waals surface area contributed by atoms with E-state index in [9.17, 15) is 9.90 Å². The topological polar surface area (TPSA) is 67.2 Å². The number of aromatic hydroxyl groups is 1. The van der Waals surface area contributed by atoms with E-state index in [2.05, 4.69) is 10.4 Å². The summed E-state index contributed by atoms with van der Waals surface area (Å²) in [4.78, 5) is 11.9. The van der Waals surface area contributed by atoms with E-state index < -0.39 is 0 Å². The van der Waals surface area contributed by atoms with Crippen LogP contribution in [0.15, 0.2) is 36.7 Å². The highest BCUT2D eigenvalue weighted by Gasteiger charge is 2.12. The summed E-state index contributed by atoms with van der Waals surface area (Å²) in [6.07, 6.45) is 3.19. The van der Waals surface area contributed by atoms with Gasteiger partial charge in [-0.1, -0.05) is 12.1 Å². The Morgan fingerprint density at radius 3 is 2.61 bits per heavy atom. The smallest absolute Gasteiger partial charge is 0.254 e. The molecule has 0 saturated heterocycles. The zero-order valence-electron chi connectivity index (χ0n) is 10.3. The van der Waals surface area contributed by atoms with Gasteiger partial charge < -0.3 is 10.4 Å². The number of aromatic nitrogens is 2. The van der Waals surface area contributed by atoms with Gasteiger partial charge >= 0.3 is 0 Å². The molecular formula is C13H15N3O2. The summed E-state index contributed by atoms with van der Waals surface area (Å²) in [6.45, 7) is 1.89. The fourth-order valence-electron chi connectivity index (χ4n) is 1.66. The van der Waals surface area contributed by atoms with Crippen LogP contribution in [0.3, 0.4) is 0 Å². The number of phenols is 1. The maximum Gasteiger partial charge on any atom is 0.254 e. The first-order valence-electron chi connectivity index (χ1n) is 5.64. The second-order valence-electron chi connectivity index (χ2n) is 4.19. The molecule has 0 spiro atoms. The third-order valence-electron chi connectivity index (χ3n) is 2.71. The van der Waals surface area contributed by atoms with E-state index in [4.69, 9.17) is 0 Å². The normalized spacial score (nSPS) is 12.1. The standard InChI is InChI=1S/C13H15N3O2/c1-9(10-3-5-12(17)6-4-10)15-13(18)11-7-14-16(2)8-11/h3-9,17H,1-2H3,(H,15,18). The quantitative estimate of drug-likeness (QED) is 0.863. The molecular weight excluding hydrogens is 230 g/mol. The summed E-state index contributed by atoms with van der Waals surface area (Å²) >= 11 is 0. The molecule has 5 nitrogen and oxygen atoms in total. The summed E-state index contributed by atoms with van der Waals surface area (Å²) in [6, 6.07) is 6.63. The third kappa shape index (κ3) is 2.68. The van der Waals surface area contributed by atoms with Crippen molar-refractivity contribution in [2.45, 2.75) is 13.0 Å². The highest BCUT2D eigenvalue weighted by atomic mass is 16.3. The van der Waals surface area contributed by atoms with Crippen molar-refractivity contribution >= 4 is 5.91 Å². The highest BCUT2D eigenvalue weighted by molar-refractivity contribution is 5.93. The van der Waals surface area contributed by atoms with E-state index in [-0.39, 0.29) is 17.7 Å². The van der Waals surface area contributed by atoms with Crippen LogP contribution in [0.5, 0.6) is 5.75 Å². The lowest BCUT2D eigenvalue weighted by Crippen LogP contribution is -2.26. The van der Waals surface area contributed by atoms with Crippen molar-refractivity contribution in [3.63, 3.8) is 0 Å². The maximum atomic E-state index is 11.9. The van der Waals surface area contributed by atoms with Gasteiger partial charge in [-0.3, -0.25) is 9.48 Å². The fraction of sp³-hybridized carbons (Fsp3) is 0.231. The van der Waals surface area contributed by atoms with Crippen molar-refractivity contribution in [2.24, 2.45) is 7.05 Å². The van der Waals surface area contributed by atoms with Crippen molar-refractivity contribution in [2.75, 3.05) is 0 Å². The second-order valence-corrected chi connectivity index (χ2v) is 4.19. The predicted octanol–water partition coefficient (Wildman–Crippen LogP) is 1.62. The van der Waals surface area contributed by atoms with Crippen LogP contribution in [0, 0.1) is 0 Å². The Hall–Kier alpha value is -2.30. The highest BCUT2D eigenvalue weighted by Crippen LogP contribution is 2.16. The van der Waals surface area contributed by atoms with Crippen LogP contribution >= 0.6 is 0 Å². The number of aryl methyl sites for hydroxylation is 1. The third-order valence-corrected chi connectivity index (χ3v) is 2.71. The van der Waals surface area contributed by atoms with Crippen molar-refractivity contribution in [1.82, 2.24) is 15.1 Å². The first kappa shape index (κ1) is 12.2. The number of nitrogens with zero attached hydrogens (tertiary/aromatic N) is 2. The van der Waals surface area contributed by atoms with E-state index in [0.29, 0.717) is 5.56 Å². The summed E-state index contributed by atoms with van der Waals surface area (Å²) in [5, 5.41) is 16.0. The van der Waals surface area contributed by atoms with Crippen molar-refractivity contribution in [3.05, 3.63) is 47.8 Å². The molecule has 0 saturated carbocycles. The molecule has 94 valence electrons. The Balaban J connectivity index is 2.05. The largest absolute Gasteiger partial charge is 0.508 e. The SMILES string of the molecule is CC(NC(=O)c1cnn(C)c1)c1ccc(O)cc1. The molecule has 1 heterocycles. The number of nitrogens with one attached hydrogen (secondary N) is 1. The molecule has 5 heteroatoms. The van der Waals surface area contributed by atoms with Gasteiger partial charge in [-0.15, -0.1) is 0 Å². The van der Waals surface area contributed by atoms with Crippen LogP contribution in [0.25, 0.3) is 0 Å². The molecule has 0 radical (unpaired) electrons. The minimum atomic E-state index is -0.163. The zero-order chi connectivity index (χ0) is 13.1. The van der Waals surface area contributed by atoms with E-state index in [1.807, 2.05) is 6.92 Å². The number of amides is 1. The molecule has 18 heavy (non-hydrogen) atoms. The van der Waals surface area contributed by atoms with Crippen molar-refractivity contribution in [1.29, 1.82) is 0 Å². The molecule has 0 aliphatic rings. The lowest BCUT2D eigenvalue weighted by atomic mass is 10.1. The molecule has 1 aromatic carbocycles. The van der Waals surface area contributed by atoms with Crippen LogP contribution in [0.4, 0.5) is 0 Å². The molecule has 2 N–H and O–H groups in total. The van der Waals surface area contributed by atoms with E-state index in [0.717, 1.165) is 5.56 Å². The monoisotopic (exact) mass is 245 g/mol. The van der Waals surface area contributed by atoms with Crippen LogP contribution in [0.1, 0.15) is 28.9 Å². The lowest BCUT2D eigenvalue weighted by Gasteiger charge is -2.13. The molecule has 1 unspecified atom stereocenters. The zero-order valence-corrected chi connectivity index (χ0v) is 10.3. The van der Waals surface area contributed by atoms with Gasteiger partial charge in [0.15, 0.2) is 0 Å². The number of hydrogen-bond donors (Lipinski definition) is 2. The molecule has 2 rings (SSSR count). The maximum absolute atomic E-state index is 11.9. The minimum absolute atomic E-state index is 0.127. The second kappa shape index (κ2) is 4.91. The predicted molar refractivity (Wildman–Crippen MR) is 67.2 cm³/mol. The van der Waals surface area contributed by atoms with Gasteiger partial charge in [-0.05, 0) is 24.6 Å². The van der Waals surface area contributed by atoms with Gasteiger partial charge in [0.2, 0.25) is 0 Å². The molecule has 0 aliphatic heterocycles. The minimum Gasteiger partial charge on any atom is -0.508 e. The Bertz CT molecular complexity index is 546. The number of rotatable bonds is 3. The van der Waals surface area contributed by atoms with Gasteiger partial charge in [0, 0.05) is 13.2 Å². The van der Waals surface area contributed by atoms with Gasteiger partial charge in [0.05, 0.1) is 17.8 Å². The molecule has 0 fully saturated rings. The number of carbonyl (C=O) groups is 1. The van der Waals surface area contributed by atoms with Crippen LogP contribution in [-0.4, -0.2) is 20.8 Å². The lowest BCUT2D eigenvalue weighted by molar-refractivity contribution is 0.0940. The Morgan fingerprint density at radius 2 is 2.06 bits per heavy atom. The molecule has 1 atom stereocenters. The first-order valence-corrected chi connectivity index (χ1v) is 5.64. The van der Waals surface area contributed by atoms with E-state index in [1.54, 1.807) is 42.2 Å². The average Bonchev–Trinajstić information content (AvgIpc) is 2.76. The number of hydrogen-bond acceptors (Lipinski definition) is 3. The van der Waals surface area contributed by atoms with Crippen LogP contribution < -0.4 is 5.32 Å². The molecule has 1 amide bonds. The number of phenolic OH excluding ortho intramolecular Hbond substituents is 1. The van der Waals surface area contributed by atoms with Crippen LogP contribution in [-0.2, 0) is 7.05 Å². The average molecular weight is 245 g/mol. The van der Waals surface area contributed by atoms with Gasteiger partial charge in [-0.25, -0.2) is 0 Å². The van der Waals surface area contributed by atoms with Gasteiger partial charge in [0.1, 0.15) is 5.75 Å². The van der Waals surface area contributed by atoms with Crippen molar-refractivity contribution in [3.8, 4) is 5.75 Å². The molecule has 1 aromatic heterocycles. The Morgan fingerprint density at radius 1 is 1.39 bits per heavy atom. The summed E-state index contributed by atoms with van der Waals surface area (Å²) in [5.74, 6) is 0.0493. The molecule has 2 aromatic rings. The summed E-state index contributed by atoms with van der Waals surface area (Å²) in [7, 11) is 1.76. The Labute approximate surface area is 105 Å². The van der Waals surface area contributed by atoms with Gasteiger partial charge in [-0.2, -0.15) is 5.10 Å². The molecule has 0 aliphatic carbocycles. The fourth-order valence-corrected chi connectivity index (χ4v) is 1.66. The van der Waals surface area contributed by atoms with Crippen LogP contribution in [0.2, 0.25) is 0 Å².